The first-order valence-electron chi connectivity index (χ1n) is 8.29. The average Bonchev–Trinajstić information content (AvgIpc) is 2.54. The van der Waals surface area contributed by atoms with Gasteiger partial charge in [-0.2, -0.15) is 4.31 Å². The van der Waals surface area contributed by atoms with E-state index in [1.54, 1.807) is 22.5 Å². The summed E-state index contributed by atoms with van der Waals surface area (Å²) in [5.41, 5.74) is 6.61. The highest BCUT2D eigenvalue weighted by Gasteiger charge is 2.23. The quantitative estimate of drug-likeness (QED) is 0.742. The number of nitrogens with two attached hydrogens (primary N) is 1. The fraction of sp³-hybridized carbons (Fsp3) is 0.444. The summed E-state index contributed by atoms with van der Waals surface area (Å²) in [5, 5.41) is 1.75. The van der Waals surface area contributed by atoms with Crippen LogP contribution in [0, 0.1) is 0 Å². The van der Waals surface area contributed by atoms with Crippen molar-refractivity contribution in [3.63, 3.8) is 0 Å². The maximum absolute atomic E-state index is 13.0. The minimum absolute atomic E-state index is 0.350. The Morgan fingerprint density at radius 3 is 2.26 bits per heavy atom. The number of hydrogen-bond donors (Lipinski definition) is 1. The molecule has 2 aromatic rings. The van der Waals surface area contributed by atoms with Gasteiger partial charge in [-0.1, -0.05) is 44.9 Å². The number of nitrogen functional groups attached to an aromatic ring is 1. The van der Waals surface area contributed by atoms with Gasteiger partial charge < -0.3 is 5.73 Å². The molecule has 0 atom stereocenters. The third-order valence-electron chi connectivity index (χ3n) is 4.05. The van der Waals surface area contributed by atoms with E-state index in [0.717, 1.165) is 36.5 Å². The Hall–Kier alpha value is -1.59. The third-order valence-corrected chi connectivity index (χ3v) is 5.94. The molecule has 2 aromatic carbocycles. The first-order chi connectivity index (χ1) is 11.0. The average molecular weight is 334 g/mol. The summed E-state index contributed by atoms with van der Waals surface area (Å²) >= 11 is 0. The molecule has 0 spiro atoms. The molecule has 0 saturated heterocycles. The van der Waals surface area contributed by atoms with E-state index in [1.807, 2.05) is 18.2 Å². The maximum atomic E-state index is 13.0. The van der Waals surface area contributed by atoms with Crippen molar-refractivity contribution in [3.8, 4) is 0 Å². The van der Waals surface area contributed by atoms with Crippen LogP contribution in [0.2, 0.25) is 0 Å². The first-order valence-corrected chi connectivity index (χ1v) is 9.73. The highest BCUT2D eigenvalue weighted by Crippen LogP contribution is 2.26. The van der Waals surface area contributed by atoms with Crippen LogP contribution in [0.1, 0.15) is 39.5 Å². The molecule has 0 saturated carbocycles. The topological polar surface area (TPSA) is 63.4 Å². The predicted octanol–water partition coefficient (Wildman–Crippen LogP) is 4.01. The second-order valence-electron chi connectivity index (χ2n) is 5.84. The molecule has 126 valence electrons. The highest BCUT2D eigenvalue weighted by atomic mass is 32.2. The number of fused-ring (bicyclic) bond motifs is 1. The zero-order chi connectivity index (χ0) is 16.9. The van der Waals surface area contributed by atoms with E-state index in [4.69, 9.17) is 5.73 Å². The van der Waals surface area contributed by atoms with Gasteiger partial charge in [-0.05, 0) is 36.4 Å². The van der Waals surface area contributed by atoms with E-state index in [9.17, 15) is 8.42 Å². The Morgan fingerprint density at radius 2 is 1.65 bits per heavy atom. The van der Waals surface area contributed by atoms with E-state index in [1.165, 1.54) is 0 Å². The van der Waals surface area contributed by atoms with E-state index in [-0.39, 0.29) is 0 Å². The van der Waals surface area contributed by atoms with Crippen LogP contribution in [0.5, 0.6) is 0 Å². The van der Waals surface area contributed by atoms with Crippen LogP contribution in [0.3, 0.4) is 0 Å². The molecular weight excluding hydrogens is 308 g/mol. The molecule has 0 amide bonds. The molecule has 5 heteroatoms. The molecular formula is C18H26N2O2S. The van der Waals surface area contributed by atoms with Crippen molar-refractivity contribution in [1.82, 2.24) is 4.31 Å². The van der Waals surface area contributed by atoms with Gasteiger partial charge >= 0.3 is 0 Å². The van der Waals surface area contributed by atoms with Crippen molar-refractivity contribution in [2.45, 2.75) is 44.4 Å². The molecule has 0 aliphatic heterocycles. The number of unbranched alkanes of at least 4 members (excludes halogenated alkanes) is 2. The Labute approximate surface area is 139 Å². The highest BCUT2D eigenvalue weighted by molar-refractivity contribution is 7.89. The van der Waals surface area contributed by atoms with Crippen LogP contribution >= 0.6 is 0 Å². The molecule has 0 radical (unpaired) electrons. The van der Waals surface area contributed by atoms with Crippen LogP contribution in [-0.4, -0.2) is 25.8 Å². The van der Waals surface area contributed by atoms with E-state index >= 15 is 0 Å². The van der Waals surface area contributed by atoms with Crippen molar-refractivity contribution in [2.75, 3.05) is 18.8 Å². The van der Waals surface area contributed by atoms with Crippen molar-refractivity contribution in [3.05, 3.63) is 36.4 Å². The van der Waals surface area contributed by atoms with E-state index in [2.05, 4.69) is 13.8 Å². The summed E-state index contributed by atoms with van der Waals surface area (Å²) in [4.78, 5) is 0.350. The largest absolute Gasteiger partial charge is 0.398 e. The van der Waals surface area contributed by atoms with Crippen LogP contribution in [0.25, 0.3) is 10.8 Å². The molecule has 4 nitrogen and oxygen atoms in total. The summed E-state index contributed by atoms with van der Waals surface area (Å²) in [5.74, 6) is 0. The number of rotatable bonds is 8. The first kappa shape index (κ1) is 17.8. The summed E-state index contributed by atoms with van der Waals surface area (Å²) in [6.45, 7) is 5.30. The van der Waals surface area contributed by atoms with Gasteiger partial charge in [-0.25, -0.2) is 8.42 Å². The lowest BCUT2D eigenvalue weighted by Crippen LogP contribution is -2.33. The second-order valence-corrected chi connectivity index (χ2v) is 7.78. The Kier molecular flexibility index (Phi) is 6.02. The van der Waals surface area contributed by atoms with Crippen molar-refractivity contribution >= 4 is 26.5 Å². The molecule has 0 heterocycles. The lowest BCUT2D eigenvalue weighted by atomic mass is 10.1. The summed E-state index contributed by atoms with van der Waals surface area (Å²) in [6, 6.07) is 10.8. The van der Waals surface area contributed by atoms with Gasteiger partial charge in [0.1, 0.15) is 0 Å². The van der Waals surface area contributed by atoms with Gasteiger partial charge in [0.05, 0.1) is 4.90 Å². The Bertz CT molecular complexity index is 749. The Morgan fingerprint density at radius 1 is 1.00 bits per heavy atom. The van der Waals surface area contributed by atoms with Crippen LogP contribution in [0.4, 0.5) is 5.69 Å². The van der Waals surface area contributed by atoms with Crippen molar-refractivity contribution in [2.24, 2.45) is 0 Å². The third kappa shape index (κ3) is 4.03. The molecule has 0 unspecified atom stereocenters. The molecule has 2 N–H and O–H groups in total. The zero-order valence-electron chi connectivity index (χ0n) is 14.0. The SMILES string of the molecule is CCCCN(CCCC)S(=O)(=O)c1ccc2c(N)cccc2c1. The summed E-state index contributed by atoms with van der Waals surface area (Å²) in [7, 11) is -3.46. The number of sulfonamides is 1. The Balaban J connectivity index is 2.39. The van der Waals surface area contributed by atoms with Crippen LogP contribution in [0.15, 0.2) is 41.3 Å². The number of nitrogens with zero attached hydrogens (tertiary/aromatic N) is 1. The summed E-state index contributed by atoms with van der Waals surface area (Å²) in [6.07, 6.45) is 3.71. The fourth-order valence-corrected chi connectivity index (χ4v) is 4.17. The number of hydrogen-bond acceptors (Lipinski definition) is 3. The summed E-state index contributed by atoms with van der Waals surface area (Å²) < 4.78 is 27.6. The molecule has 23 heavy (non-hydrogen) atoms. The number of benzene rings is 2. The van der Waals surface area contributed by atoms with Crippen LogP contribution in [-0.2, 0) is 10.0 Å². The molecule has 0 aromatic heterocycles. The monoisotopic (exact) mass is 334 g/mol. The normalized spacial score (nSPS) is 12.1. The van der Waals surface area contributed by atoms with Crippen molar-refractivity contribution in [1.29, 1.82) is 0 Å². The van der Waals surface area contributed by atoms with Gasteiger partial charge in [-0.15, -0.1) is 0 Å². The minimum Gasteiger partial charge on any atom is -0.398 e. The molecule has 2 rings (SSSR count). The van der Waals surface area contributed by atoms with Crippen molar-refractivity contribution < 1.29 is 8.42 Å². The second kappa shape index (κ2) is 7.79. The molecule has 0 aliphatic rings. The minimum atomic E-state index is -3.46. The zero-order valence-corrected chi connectivity index (χ0v) is 14.8. The van der Waals surface area contributed by atoms with Crippen LogP contribution < -0.4 is 5.73 Å². The van der Waals surface area contributed by atoms with Gasteiger partial charge in [-0.3, -0.25) is 0 Å². The van der Waals surface area contributed by atoms with Gasteiger partial charge in [0.25, 0.3) is 0 Å². The molecule has 0 bridgehead atoms. The standard InChI is InChI=1S/C18H26N2O2S/c1-3-5-12-20(13-6-4-2)23(21,22)16-10-11-17-15(14-16)8-7-9-18(17)19/h7-11,14H,3-6,12-13,19H2,1-2H3. The van der Waals surface area contributed by atoms with E-state index < -0.39 is 10.0 Å². The number of anilines is 1. The van der Waals surface area contributed by atoms with E-state index in [0.29, 0.717) is 23.7 Å². The molecule has 0 fully saturated rings. The molecule has 0 aliphatic carbocycles. The lowest BCUT2D eigenvalue weighted by Gasteiger charge is -2.22. The fourth-order valence-electron chi connectivity index (χ4n) is 2.62. The smallest absolute Gasteiger partial charge is 0.243 e. The van der Waals surface area contributed by atoms with Gasteiger partial charge in [0.2, 0.25) is 10.0 Å². The maximum Gasteiger partial charge on any atom is 0.243 e. The lowest BCUT2D eigenvalue weighted by molar-refractivity contribution is 0.395. The van der Waals surface area contributed by atoms with Gasteiger partial charge in [0.15, 0.2) is 0 Å². The van der Waals surface area contributed by atoms with Gasteiger partial charge in [0, 0.05) is 24.2 Å². The predicted molar refractivity (Wildman–Crippen MR) is 96.9 cm³/mol.